The van der Waals surface area contributed by atoms with E-state index >= 15 is 0 Å². The monoisotopic (exact) mass is 520 g/mol. The molecule has 5 rings (SSSR count). The highest BCUT2D eigenvalue weighted by molar-refractivity contribution is 6.00. The van der Waals surface area contributed by atoms with E-state index in [0.29, 0.717) is 11.6 Å². The number of carbonyl (C=O) groups is 2. The number of fused-ring (bicyclic) bond motifs is 1. The van der Waals surface area contributed by atoms with Crippen molar-refractivity contribution in [3.05, 3.63) is 47.3 Å². The summed E-state index contributed by atoms with van der Waals surface area (Å²) in [5.74, 6) is 0.200. The second kappa shape index (κ2) is 10.8. The first kappa shape index (κ1) is 26.9. The van der Waals surface area contributed by atoms with Crippen LogP contribution in [0.5, 0.6) is 0 Å². The van der Waals surface area contributed by atoms with Crippen LogP contribution in [-0.2, 0) is 24.7 Å². The lowest BCUT2D eigenvalue weighted by molar-refractivity contribution is -0.119. The molecule has 5 N–H and O–H groups in total. The van der Waals surface area contributed by atoms with Crippen molar-refractivity contribution in [3.63, 3.8) is 0 Å². The van der Waals surface area contributed by atoms with Crippen LogP contribution in [0.3, 0.4) is 0 Å². The van der Waals surface area contributed by atoms with Crippen molar-refractivity contribution in [2.45, 2.75) is 83.2 Å². The van der Waals surface area contributed by atoms with Crippen LogP contribution in [0.2, 0.25) is 0 Å². The van der Waals surface area contributed by atoms with Crippen LogP contribution in [0.4, 0.5) is 5.69 Å². The van der Waals surface area contributed by atoms with Crippen LogP contribution in [0.25, 0.3) is 0 Å². The van der Waals surface area contributed by atoms with Crippen molar-refractivity contribution >= 4 is 17.5 Å². The molecule has 2 saturated carbocycles. The molecule has 38 heavy (non-hydrogen) atoms. The first-order valence-corrected chi connectivity index (χ1v) is 14.4. The van der Waals surface area contributed by atoms with Crippen LogP contribution in [0, 0.1) is 17.3 Å². The van der Waals surface area contributed by atoms with Gasteiger partial charge in [0.15, 0.2) is 0 Å². The lowest BCUT2D eigenvalue weighted by atomic mass is 9.83. The standard InChI is InChI=1S/C30H44N6O2/c1-20(2)30(32-19-29(18-31)12-13-29)16-22-9-10-24(15-23(22)17-30)34-28(38)26(21-7-5-4-6-8-21)35-27(37)25-11-14-33-36(25)3/h9-11,14-15,20-21,26,32H,4-8,12-13,16-19,31H2,1-3H3,(H,34,38)(H,35,37)/t26-,30?/m0/s1. The molecule has 0 bridgehead atoms. The molecule has 0 spiro atoms. The number of hydrogen-bond acceptors (Lipinski definition) is 5. The number of nitrogens with two attached hydrogens (primary N) is 1. The number of carbonyl (C=O) groups excluding carboxylic acids is 2. The van der Waals surface area contributed by atoms with Crippen molar-refractivity contribution in [3.8, 4) is 0 Å². The van der Waals surface area contributed by atoms with Crippen molar-refractivity contribution in [1.29, 1.82) is 0 Å². The summed E-state index contributed by atoms with van der Waals surface area (Å²) < 4.78 is 1.54. The number of hydrogen-bond donors (Lipinski definition) is 4. The summed E-state index contributed by atoms with van der Waals surface area (Å²) in [6.07, 6.45) is 11.2. The van der Waals surface area contributed by atoms with Gasteiger partial charge in [0, 0.05) is 31.0 Å². The maximum atomic E-state index is 13.6. The van der Waals surface area contributed by atoms with E-state index in [1.54, 1.807) is 24.0 Å². The van der Waals surface area contributed by atoms with E-state index in [1.807, 2.05) is 6.07 Å². The van der Waals surface area contributed by atoms with Crippen LogP contribution in [0.1, 0.15) is 80.4 Å². The number of aromatic nitrogens is 2. The van der Waals surface area contributed by atoms with Gasteiger partial charge >= 0.3 is 0 Å². The fourth-order valence-corrected chi connectivity index (χ4v) is 6.41. The van der Waals surface area contributed by atoms with E-state index in [-0.39, 0.29) is 28.7 Å². The van der Waals surface area contributed by atoms with Gasteiger partial charge in [0.1, 0.15) is 11.7 Å². The Morgan fingerprint density at radius 1 is 1.11 bits per heavy atom. The number of nitrogens with zero attached hydrogens (tertiary/aromatic N) is 2. The van der Waals surface area contributed by atoms with Crippen LogP contribution in [0.15, 0.2) is 30.5 Å². The predicted octanol–water partition coefficient (Wildman–Crippen LogP) is 3.56. The Balaban J connectivity index is 1.30. The van der Waals surface area contributed by atoms with Crippen molar-refractivity contribution in [2.75, 3.05) is 18.4 Å². The minimum Gasteiger partial charge on any atom is -0.339 e. The molecule has 2 fully saturated rings. The average Bonchev–Trinajstić information content (AvgIpc) is 3.41. The zero-order valence-electron chi connectivity index (χ0n) is 23.2. The Hall–Kier alpha value is -2.71. The minimum atomic E-state index is -0.576. The Morgan fingerprint density at radius 2 is 1.84 bits per heavy atom. The van der Waals surface area contributed by atoms with Gasteiger partial charge < -0.3 is 21.7 Å². The fraction of sp³-hybridized carbons (Fsp3) is 0.633. The molecule has 0 radical (unpaired) electrons. The number of anilines is 1. The van der Waals surface area contributed by atoms with Crippen molar-refractivity contribution < 1.29 is 9.59 Å². The molecule has 206 valence electrons. The Labute approximate surface area is 226 Å². The number of aryl methyl sites for hydroxylation is 1. The highest BCUT2D eigenvalue weighted by Crippen LogP contribution is 2.45. The third-order valence-corrected chi connectivity index (χ3v) is 9.54. The summed E-state index contributed by atoms with van der Waals surface area (Å²) in [7, 11) is 1.74. The first-order chi connectivity index (χ1) is 18.2. The summed E-state index contributed by atoms with van der Waals surface area (Å²) in [6, 6.07) is 7.41. The molecule has 1 aromatic carbocycles. The van der Waals surface area contributed by atoms with E-state index in [9.17, 15) is 9.59 Å². The van der Waals surface area contributed by atoms with Gasteiger partial charge in [-0.2, -0.15) is 5.10 Å². The molecular weight excluding hydrogens is 476 g/mol. The SMILES string of the molecule is CC(C)C1(NCC2(CN)CC2)Cc2ccc(NC(=O)[C@@H](NC(=O)c3ccnn3C)C3CCCCC3)cc2C1. The summed E-state index contributed by atoms with van der Waals surface area (Å²) in [4.78, 5) is 26.6. The van der Waals surface area contributed by atoms with Gasteiger partial charge in [-0.05, 0) is 91.6 Å². The van der Waals surface area contributed by atoms with Gasteiger partial charge in [-0.1, -0.05) is 39.2 Å². The van der Waals surface area contributed by atoms with Gasteiger partial charge in [-0.15, -0.1) is 0 Å². The van der Waals surface area contributed by atoms with Gasteiger partial charge in [0.25, 0.3) is 5.91 Å². The third kappa shape index (κ3) is 5.52. The lowest BCUT2D eigenvalue weighted by Crippen LogP contribution is -2.53. The minimum absolute atomic E-state index is 0.0113. The van der Waals surface area contributed by atoms with Gasteiger partial charge in [0.2, 0.25) is 5.91 Å². The largest absolute Gasteiger partial charge is 0.339 e. The smallest absolute Gasteiger partial charge is 0.270 e. The Bertz CT molecular complexity index is 1160. The average molecular weight is 521 g/mol. The van der Waals surface area contributed by atoms with E-state index in [1.165, 1.54) is 30.4 Å². The molecule has 3 aliphatic carbocycles. The maximum Gasteiger partial charge on any atom is 0.270 e. The molecule has 1 heterocycles. The number of rotatable bonds is 10. The molecule has 2 amide bonds. The van der Waals surface area contributed by atoms with Gasteiger partial charge in [-0.25, -0.2) is 0 Å². The van der Waals surface area contributed by atoms with Crippen LogP contribution >= 0.6 is 0 Å². The molecular formula is C30H44N6O2. The molecule has 8 heteroatoms. The molecule has 2 atom stereocenters. The molecule has 1 aromatic heterocycles. The van der Waals surface area contributed by atoms with Crippen LogP contribution in [-0.4, -0.2) is 46.3 Å². The summed E-state index contributed by atoms with van der Waals surface area (Å²) in [5, 5.41) is 14.2. The molecule has 0 saturated heterocycles. The highest BCUT2D eigenvalue weighted by Gasteiger charge is 2.46. The Kier molecular flexibility index (Phi) is 7.65. The second-order valence-electron chi connectivity index (χ2n) is 12.4. The molecule has 3 aliphatic rings. The van der Waals surface area contributed by atoms with E-state index < -0.39 is 6.04 Å². The zero-order valence-corrected chi connectivity index (χ0v) is 23.2. The summed E-state index contributed by atoms with van der Waals surface area (Å²) >= 11 is 0. The quantitative estimate of drug-likeness (QED) is 0.383. The van der Waals surface area contributed by atoms with Gasteiger partial charge in [0.05, 0.1) is 0 Å². The molecule has 2 aromatic rings. The molecule has 0 aliphatic heterocycles. The Morgan fingerprint density at radius 3 is 2.47 bits per heavy atom. The molecule has 8 nitrogen and oxygen atoms in total. The van der Waals surface area contributed by atoms with E-state index in [4.69, 9.17) is 5.73 Å². The summed E-state index contributed by atoms with van der Waals surface area (Å²) in [5.41, 5.74) is 10.2. The van der Waals surface area contributed by atoms with Crippen molar-refractivity contribution in [2.24, 2.45) is 30.0 Å². The predicted molar refractivity (Wildman–Crippen MR) is 150 cm³/mol. The fourth-order valence-electron chi connectivity index (χ4n) is 6.41. The highest BCUT2D eigenvalue weighted by atomic mass is 16.2. The third-order valence-electron chi connectivity index (χ3n) is 9.54. The first-order valence-electron chi connectivity index (χ1n) is 14.4. The topological polar surface area (TPSA) is 114 Å². The zero-order chi connectivity index (χ0) is 26.9. The number of benzene rings is 1. The number of amides is 2. The molecule has 1 unspecified atom stereocenters. The number of nitrogens with one attached hydrogen (secondary N) is 3. The van der Waals surface area contributed by atoms with E-state index in [2.05, 4.69) is 47.0 Å². The van der Waals surface area contributed by atoms with Crippen molar-refractivity contribution in [1.82, 2.24) is 20.4 Å². The maximum absolute atomic E-state index is 13.6. The second-order valence-corrected chi connectivity index (χ2v) is 12.4. The lowest BCUT2D eigenvalue weighted by Gasteiger charge is -2.36. The summed E-state index contributed by atoms with van der Waals surface area (Å²) in [6.45, 7) is 6.31. The van der Waals surface area contributed by atoms with E-state index in [0.717, 1.165) is 57.3 Å². The van der Waals surface area contributed by atoms with Gasteiger partial charge in [-0.3, -0.25) is 14.3 Å². The van der Waals surface area contributed by atoms with Crippen LogP contribution < -0.4 is 21.7 Å². The normalized spacial score (nSPS) is 23.2.